The Kier molecular flexibility index (Phi) is 4.64. The minimum atomic E-state index is -0.251. The number of amides is 1. The van der Waals surface area contributed by atoms with Crippen LogP contribution in [0.2, 0.25) is 0 Å². The monoisotopic (exact) mass is 368 g/mol. The third-order valence-electron chi connectivity index (χ3n) is 6.16. The van der Waals surface area contributed by atoms with Crippen molar-refractivity contribution in [3.05, 3.63) is 53.8 Å². The first kappa shape index (κ1) is 18.0. The van der Waals surface area contributed by atoms with Crippen LogP contribution in [0.1, 0.15) is 31.4 Å². The van der Waals surface area contributed by atoms with E-state index in [0.29, 0.717) is 18.5 Å². The van der Waals surface area contributed by atoms with E-state index in [2.05, 4.69) is 4.90 Å². The lowest BCUT2D eigenvalue weighted by atomic mass is 9.81. The second-order valence-corrected chi connectivity index (χ2v) is 7.45. The molecule has 0 radical (unpaired) electrons. The Hall–Kier alpha value is -2.40. The summed E-state index contributed by atoms with van der Waals surface area (Å²) < 4.78 is 14.3. The molecule has 3 atom stereocenters. The van der Waals surface area contributed by atoms with Crippen LogP contribution >= 0.6 is 0 Å². The van der Waals surface area contributed by atoms with Gasteiger partial charge in [-0.1, -0.05) is 31.2 Å². The maximum absolute atomic E-state index is 14.3. The van der Waals surface area contributed by atoms with Crippen LogP contribution in [0.5, 0.6) is 0 Å². The number of likely N-dealkylation sites (tertiary alicyclic amines) is 1. The molecule has 4 rings (SSSR count). The normalized spacial score (nSPS) is 23.9. The van der Waals surface area contributed by atoms with Crippen LogP contribution in [-0.2, 0) is 4.79 Å². The molecule has 2 heterocycles. The predicted octanol–water partition coefficient (Wildman–Crippen LogP) is 3.60. The highest BCUT2D eigenvalue weighted by molar-refractivity contribution is 5.78. The van der Waals surface area contributed by atoms with E-state index in [1.54, 1.807) is 12.1 Å². The van der Waals surface area contributed by atoms with Gasteiger partial charge in [0.2, 0.25) is 5.91 Å². The number of fused-ring (bicyclic) bond motifs is 3. The molecule has 0 aliphatic carbocycles. The minimum Gasteiger partial charge on any atom is -0.394 e. The maximum atomic E-state index is 14.3. The predicted molar refractivity (Wildman–Crippen MR) is 104 cm³/mol. The first-order valence-electron chi connectivity index (χ1n) is 9.58. The summed E-state index contributed by atoms with van der Waals surface area (Å²) in [6, 6.07) is 12.6. The van der Waals surface area contributed by atoms with Crippen LogP contribution in [0.4, 0.5) is 10.1 Å². The number of likely N-dealkylation sites (N-methyl/N-ethyl adjacent to an activating group) is 1. The summed E-state index contributed by atoms with van der Waals surface area (Å²) in [4.78, 5) is 16.6. The summed E-state index contributed by atoms with van der Waals surface area (Å²) in [7, 11) is 1.99. The van der Waals surface area contributed by atoms with Gasteiger partial charge in [-0.05, 0) is 35.7 Å². The summed E-state index contributed by atoms with van der Waals surface area (Å²) in [6.45, 7) is 2.64. The molecule has 1 N–H and O–H groups in total. The molecule has 27 heavy (non-hydrogen) atoms. The van der Waals surface area contributed by atoms with Gasteiger partial charge < -0.3 is 14.9 Å². The van der Waals surface area contributed by atoms with E-state index >= 15 is 0 Å². The lowest BCUT2D eigenvalue weighted by Gasteiger charge is -2.44. The van der Waals surface area contributed by atoms with E-state index in [0.717, 1.165) is 23.2 Å². The average Bonchev–Trinajstić information content (AvgIpc) is 3.13. The summed E-state index contributed by atoms with van der Waals surface area (Å²) in [5.74, 6) is 0.0594. The Morgan fingerprint density at radius 1 is 1.26 bits per heavy atom. The van der Waals surface area contributed by atoms with Crippen molar-refractivity contribution in [2.45, 2.75) is 31.8 Å². The van der Waals surface area contributed by atoms with Crippen molar-refractivity contribution in [2.75, 3.05) is 25.1 Å². The number of carbonyl (C=O) groups is 1. The standard InChI is InChI=1S/C22H25FN2O2/c1-3-21(27)25-11-10-16-20(13-26)24(2)19-9-8-14(12-17(19)22(16)25)15-6-4-5-7-18(15)23/h4-9,12,16,20,22,26H,3,10-11,13H2,1-2H3/t16-,20-,22-/m0/s1. The molecule has 4 nitrogen and oxygen atoms in total. The van der Waals surface area contributed by atoms with Crippen LogP contribution in [0, 0.1) is 11.7 Å². The number of carbonyl (C=O) groups excluding carboxylic acids is 1. The first-order valence-corrected chi connectivity index (χ1v) is 9.58. The highest BCUT2D eigenvalue weighted by Gasteiger charge is 2.47. The molecule has 0 bridgehead atoms. The zero-order valence-electron chi connectivity index (χ0n) is 15.7. The van der Waals surface area contributed by atoms with E-state index in [9.17, 15) is 14.3 Å². The number of benzene rings is 2. The fourth-order valence-corrected chi connectivity index (χ4v) is 4.80. The van der Waals surface area contributed by atoms with Crippen LogP contribution in [0.15, 0.2) is 42.5 Å². The molecule has 0 aromatic heterocycles. The van der Waals surface area contributed by atoms with Crippen molar-refractivity contribution in [3.63, 3.8) is 0 Å². The Bertz CT molecular complexity index is 869. The molecule has 1 saturated heterocycles. The van der Waals surface area contributed by atoms with Crippen molar-refractivity contribution < 1.29 is 14.3 Å². The molecular formula is C22H25FN2O2. The van der Waals surface area contributed by atoms with Crippen LogP contribution < -0.4 is 4.90 Å². The van der Waals surface area contributed by atoms with Crippen LogP contribution in [0.3, 0.4) is 0 Å². The minimum absolute atomic E-state index is 0.0172. The van der Waals surface area contributed by atoms with Gasteiger partial charge >= 0.3 is 0 Å². The Labute approximate surface area is 159 Å². The van der Waals surface area contributed by atoms with Crippen molar-refractivity contribution in [1.29, 1.82) is 0 Å². The highest BCUT2D eigenvalue weighted by Crippen LogP contribution is 2.49. The Balaban J connectivity index is 1.86. The fraction of sp³-hybridized carbons (Fsp3) is 0.409. The van der Waals surface area contributed by atoms with E-state index in [1.807, 2.05) is 43.1 Å². The molecule has 2 aliphatic heterocycles. The van der Waals surface area contributed by atoms with Crippen molar-refractivity contribution in [3.8, 4) is 11.1 Å². The Morgan fingerprint density at radius 2 is 2.04 bits per heavy atom. The highest BCUT2D eigenvalue weighted by atomic mass is 19.1. The quantitative estimate of drug-likeness (QED) is 0.900. The van der Waals surface area contributed by atoms with Gasteiger partial charge in [-0.25, -0.2) is 4.39 Å². The molecule has 2 aliphatic rings. The second kappa shape index (κ2) is 6.97. The molecule has 0 unspecified atom stereocenters. The van der Waals surface area contributed by atoms with Gasteiger partial charge in [-0.3, -0.25) is 4.79 Å². The smallest absolute Gasteiger partial charge is 0.222 e. The number of hydrogen-bond donors (Lipinski definition) is 1. The average molecular weight is 368 g/mol. The SMILES string of the molecule is CCC(=O)N1CC[C@@H]2[C@H]1c1cc(-c3ccccc3F)ccc1N(C)[C@H]2CO. The number of rotatable bonds is 3. The van der Waals surface area contributed by atoms with Gasteiger partial charge in [0.15, 0.2) is 0 Å². The van der Waals surface area contributed by atoms with Crippen molar-refractivity contribution in [1.82, 2.24) is 4.90 Å². The third kappa shape index (κ3) is 2.81. The molecule has 5 heteroatoms. The van der Waals surface area contributed by atoms with Gasteiger partial charge in [-0.15, -0.1) is 0 Å². The lowest BCUT2D eigenvalue weighted by Crippen LogP contribution is -2.48. The molecule has 1 amide bonds. The molecule has 2 aromatic rings. The maximum Gasteiger partial charge on any atom is 0.222 e. The van der Waals surface area contributed by atoms with E-state index in [-0.39, 0.29) is 36.3 Å². The Morgan fingerprint density at radius 3 is 2.74 bits per heavy atom. The summed E-state index contributed by atoms with van der Waals surface area (Å²) in [5, 5.41) is 9.99. The zero-order chi connectivity index (χ0) is 19.1. The molecule has 2 aromatic carbocycles. The molecule has 1 fully saturated rings. The van der Waals surface area contributed by atoms with Crippen molar-refractivity contribution >= 4 is 11.6 Å². The summed E-state index contributed by atoms with van der Waals surface area (Å²) in [5.41, 5.74) is 3.44. The van der Waals surface area contributed by atoms with Crippen LogP contribution in [-0.4, -0.2) is 42.2 Å². The number of nitrogens with zero attached hydrogens (tertiary/aromatic N) is 2. The number of anilines is 1. The van der Waals surface area contributed by atoms with Gasteiger partial charge in [0.25, 0.3) is 0 Å². The zero-order valence-corrected chi connectivity index (χ0v) is 15.7. The fourth-order valence-electron chi connectivity index (χ4n) is 4.80. The second-order valence-electron chi connectivity index (χ2n) is 7.45. The van der Waals surface area contributed by atoms with Gasteiger partial charge in [0.05, 0.1) is 18.7 Å². The largest absolute Gasteiger partial charge is 0.394 e. The third-order valence-corrected chi connectivity index (χ3v) is 6.16. The molecule has 0 saturated carbocycles. The van der Waals surface area contributed by atoms with Gasteiger partial charge in [-0.2, -0.15) is 0 Å². The number of aliphatic hydroxyl groups is 1. The van der Waals surface area contributed by atoms with E-state index < -0.39 is 0 Å². The van der Waals surface area contributed by atoms with Crippen molar-refractivity contribution in [2.24, 2.45) is 5.92 Å². The van der Waals surface area contributed by atoms with Gasteiger partial charge in [0.1, 0.15) is 5.82 Å². The number of halogens is 1. The van der Waals surface area contributed by atoms with Crippen LogP contribution in [0.25, 0.3) is 11.1 Å². The van der Waals surface area contributed by atoms with E-state index in [4.69, 9.17) is 0 Å². The summed E-state index contributed by atoms with van der Waals surface area (Å²) in [6.07, 6.45) is 1.33. The molecular weight excluding hydrogens is 343 g/mol. The topological polar surface area (TPSA) is 43.8 Å². The summed E-state index contributed by atoms with van der Waals surface area (Å²) >= 11 is 0. The van der Waals surface area contributed by atoms with E-state index in [1.165, 1.54) is 6.07 Å². The molecule has 142 valence electrons. The number of hydrogen-bond acceptors (Lipinski definition) is 3. The first-order chi connectivity index (χ1) is 13.1. The number of aliphatic hydroxyl groups excluding tert-OH is 1. The lowest BCUT2D eigenvalue weighted by molar-refractivity contribution is -0.132. The van der Waals surface area contributed by atoms with Gasteiger partial charge in [0, 0.05) is 37.2 Å². The molecule has 0 spiro atoms.